The molecular formula is C26H27N3O3S. The van der Waals surface area contributed by atoms with Gasteiger partial charge in [-0.2, -0.15) is 0 Å². The second kappa shape index (κ2) is 10.6. The molecule has 7 heteroatoms. The number of fused-ring (bicyclic) bond motifs is 1. The number of phenolic OH excluding ortho intramolecular Hbond substituents is 1. The number of aryl methyl sites for hydroxylation is 1. The highest BCUT2D eigenvalue weighted by Gasteiger charge is 2.18. The van der Waals surface area contributed by atoms with Crippen LogP contribution in [0.3, 0.4) is 0 Å². The van der Waals surface area contributed by atoms with Gasteiger partial charge < -0.3 is 10.4 Å². The number of hydrogen-bond acceptors (Lipinski definition) is 5. The number of benzene rings is 3. The summed E-state index contributed by atoms with van der Waals surface area (Å²) in [6, 6.07) is 22.4. The SMILES string of the molecule is O=S(=O)(NCCNCCCc1ccccc1O)c1cc(-c2ccccc2)cc2cnccc12. The minimum atomic E-state index is -3.71. The van der Waals surface area contributed by atoms with Crippen molar-refractivity contribution in [3.05, 3.63) is 90.8 Å². The van der Waals surface area contributed by atoms with Gasteiger partial charge in [0.25, 0.3) is 0 Å². The zero-order valence-electron chi connectivity index (χ0n) is 18.2. The number of hydrogen-bond donors (Lipinski definition) is 3. The summed E-state index contributed by atoms with van der Waals surface area (Å²) in [4.78, 5) is 4.41. The Morgan fingerprint density at radius 1 is 0.848 bits per heavy atom. The van der Waals surface area contributed by atoms with Crippen molar-refractivity contribution >= 4 is 20.8 Å². The van der Waals surface area contributed by atoms with Gasteiger partial charge in [0, 0.05) is 36.3 Å². The van der Waals surface area contributed by atoms with Gasteiger partial charge in [-0.15, -0.1) is 0 Å². The normalized spacial score (nSPS) is 11.6. The lowest BCUT2D eigenvalue weighted by atomic mass is 10.0. The first-order valence-electron chi connectivity index (χ1n) is 10.9. The molecule has 0 radical (unpaired) electrons. The second-order valence-corrected chi connectivity index (χ2v) is 9.55. The fourth-order valence-corrected chi connectivity index (χ4v) is 5.08. The molecule has 33 heavy (non-hydrogen) atoms. The Kier molecular flexibility index (Phi) is 7.34. The van der Waals surface area contributed by atoms with E-state index in [1.165, 1.54) is 0 Å². The van der Waals surface area contributed by atoms with E-state index in [0.717, 1.165) is 41.5 Å². The topological polar surface area (TPSA) is 91.3 Å². The third-order valence-corrected chi connectivity index (χ3v) is 7.00. The molecule has 0 spiro atoms. The van der Waals surface area contributed by atoms with Crippen LogP contribution in [0.25, 0.3) is 21.9 Å². The molecule has 3 aromatic carbocycles. The van der Waals surface area contributed by atoms with E-state index in [4.69, 9.17) is 0 Å². The van der Waals surface area contributed by atoms with Crippen molar-refractivity contribution < 1.29 is 13.5 Å². The van der Waals surface area contributed by atoms with Crippen LogP contribution in [0.2, 0.25) is 0 Å². The number of phenols is 1. The van der Waals surface area contributed by atoms with E-state index in [2.05, 4.69) is 15.0 Å². The first-order chi connectivity index (χ1) is 16.0. The molecule has 170 valence electrons. The predicted octanol–water partition coefficient (Wildman–Crippen LogP) is 4.11. The molecule has 0 aliphatic rings. The lowest BCUT2D eigenvalue weighted by Crippen LogP contribution is -2.32. The maximum atomic E-state index is 13.2. The molecule has 1 aromatic heterocycles. The molecule has 0 fully saturated rings. The van der Waals surface area contributed by atoms with Crippen LogP contribution in [0.4, 0.5) is 0 Å². The van der Waals surface area contributed by atoms with Gasteiger partial charge in [-0.3, -0.25) is 4.98 Å². The first-order valence-corrected chi connectivity index (χ1v) is 12.4. The standard InChI is InChI=1S/C26H27N3O3S/c30-25-11-5-4-9-21(25)10-6-13-27-15-16-29-33(31,32)26-18-22(20-7-2-1-3-8-20)17-23-19-28-14-12-24(23)26/h1-5,7-9,11-12,14,17-19,27,29-30H,6,10,13,15-16H2. The molecule has 1 heterocycles. The minimum Gasteiger partial charge on any atom is -0.508 e. The minimum absolute atomic E-state index is 0.251. The molecule has 0 atom stereocenters. The van der Waals surface area contributed by atoms with E-state index in [-0.39, 0.29) is 11.4 Å². The molecular weight excluding hydrogens is 434 g/mol. The van der Waals surface area contributed by atoms with Crippen LogP contribution in [0.15, 0.2) is 90.1 Å². The van der Waals surface area contributed by atoms with E-state index in [1.54, 1.807) is 36.7 Å². The van der Waals surface area contributed by atoms with Crippen LogP contribution >= 0.6 is 0 Å². The van der Waals surface area contributed by atoms with E-state index >= 15 is 0 Å². The molecule has 0 amide bonds. The van der Waals surface area contributed by atoms with Gasteiger partial charge in [-0.25, -0.2) is 13.1 Å². The third-order valence-electron chi connectivity index (χ3n) is 5.50. The van der Waals surface area contributed by atoms with Crippen molar-refractivity contribution in [3.8, 4) is 16.9 Å². The quantitative estimate of drug-likeness (QED) is 0.309. The summed E-state index contributed by atoms with van der Waals surface area (Å²) in [5, 5.41) is 14.5. The highest BCUT2D eigenvalue weighted by Crippen LogP contribution is 2.30. The molecule has 0 unspecified atom stereocenters. The van der Waals surface area contributed by atoms with Gasteiger partial charge in [-0.05, 0) is 60.3 Å². The van der Waals surface area contributed by atoms with Crippen molar-refractivity contribution in [2.45, 2.75) is 17.7 Å². The molecule has 4 rings (SSSR count). The molecule has 0 bridgehead atoms. The Balaban J connectivity index is 1.39. The average molecular weight is 462 g/mol. The molecule has 0 aliphatic heterocycles. The number of nitrogens with zero attached hydrogens (tertiary/aromatic N) is 1. The monoisotopic (exact) mass is 461 g/mol. The van der Waals surface area contributed by atoms with Crippen LogP contribution in [-0.2, 0) is 16.4 Å². The third kappa shape index (κ3) is 5.76. The second-order valence-electron chi connectivity index (χ2n) is 7.82. The van der Waals surface area contributed by atoms with Gasteiger partial charge in [0.15, 0.2) is 0 Å². The fourth-order valence-electron chi connectivity index (χ4n) is 3.80. The van der Waals surface area contributed by atoms with Crippen molar-refractivity contribution in [1.29, 1.82) is 0 Å². The van der Waals surface area contributed by atoms with Crippen LogP contribution in [-0.4, -0.2) is 38.1 Å². The summed E-state index contributed by atoms with van der Waals surface area (Å²) in [5.74, 6) is 0.311. The lowest BCUT2D eigenvalue weighted by Gasteiger charge is -2.13. The predicted molar refractivity (Wildman–Crippen MR) is 132 cm³/mol. The molecule has 0 aliphatic carbocycles. The smallest absolute Gasteiger partial charge is 0.241 e. The molecule has 6 nitrogen and oxygen atoms in total. The number of sulfonamides is 1. The fraction of sp³-hybridized carbons (Fsp3) is 0.192. The summed E-state index contributed by atoms with van der Waals surface area (Å²) >= 11 is 0. The lowest BCUT2D eigenvalue weighted by molar-refractivity contribution is 0.466. The zero-order chi connectivity index (χ0) is 23.1. The number of pyridine rings is 1. The molecule has 0 saturated heterocycles. The molecule has 0 saturated carbocycles. The number of aromatic nitrogens is 1. The highest BCUT2D eigenvalue weighted by atomic mass is 32.2. The van der Waals surface area contributed by atoms with Crippen molar-refractivity contribution in [1.82, 2.24) is 15.0 Å². The Bertz CT molecular complexity index is 1330. The van der Waals surface area contributed by atoms with Crippen LogP contribution < -0.4 is 10.0 Å². The summed E-state index contributed by atoms with van der Waals surface area (Å²) in [6.07, 6.45) is 4.90. The zero-order valence-corrected chi connectivity index (χ0v) is 19.1. The Labute approximate surface area is 194 Å². The maximum Gasteiger partial charge on any atom is 0.241 e. The number of para-hydroxylation sites is 1. The number of rotatable bonds is 10. The van der Waals surface area contributed by atoms with E-state index in [1.807, 2.05) is 48.5 Å². The van der Waals surface area contributed by atoms with Gasteiger partial charge >= 0.3 is 0 Å². The van der Waals surface area contributed by atoms with Crippen LogP contribution in [0, 0.1) is 0 Å². The Morgan fingerprint density at radius 2 is 1.64 bits per heavy atom. The van der Waals surface area contributed by atoms with Gasteiger partial charge in [0.2, 0.25) is 10.0 Å². The van der Waals surface area contributed by atoms with Gasteiger partial charge in [-0.1, -0.05) is 48.5 Å². The number of aromatic hydroxyl groups is 1. The molecule has 3 N–H and O–H groups in total. The molecule has 4 aromatic rings. The van der Waals surface area contributed by atoms with Crippen molar-refractivity contribution in [2.24, 2.45) is 0 Å². The van der Waals surface area contributed by atoms with Crippen LogP contribution in [0.1, 0.15) is 12.0 Å². The summed E-state index contributed by atoms with van der Waals surface area (Å²) in [5.41, 5.74) is 2.70. The van der Waals surface area contributed by atoms with Gasteiger partial charge in [0.05, 0.1) is 4.90 Å². The maximum absolute atomic E-state index is 13.2. The Morgan fingerprint density at radius 3 is 2.45 bits per heavy atom. The largest absolute Gasteiger partial charge is 0.508 e. The van der Waals surface area contributed by atoms with E-state index in [0.29, 0.717) is 17.7 Å². The first kappa shape index (κ1) is 22.9. The van der Waals surface area contributed by atoms with Crippen molar-refractivity contribution in [3.63, 3.8) is 0 Å². The number of nitrogens with one attached hydrogen (secondary N) is 2. The van der Waals surface area contributed by atoms with Crippen molar-refractivity contribution in [2.75, 3.05) is 19.6 Å². The van der Waals surface area contributed by atoms with E-state index in [9.17, 15) is 13.5 Å². The van der Waals surface area contributed by atoms with E-state index < -0.39 is 10.0 Å². The van der Waals surface area contributed by atoms with Crippen LogP contribution in [0.5, 0.6) is 5.75 Å². The Hall–Kier alpha value is -3.26. The summed E-state index contributed by atoms with van der Waals surface area (Å²) in [6.45, 7) is 1.52. The summed E-state index contributed by atoms with van der Waals surface area (Å²) in [7, 11) is -3.71. The average Bonchev–Trinajstić information content (AvgIpc) is 2.84. The highest BCUT2D eigenvalue weighted by molar-refractivity contribution is 7.89. The summed E-state index contributed by atoms with van der Waals surface area (Å²) < 4.78 is 29.0. The van der Waals surface area contributed by atoms with Gasteiger partial charge in [0.1, 0.15) is 5.75 Å².